The van der Waals surface area contributed by atoms with E-state index in [2.05, 4.69) is 29.6 Å². The Kier molecular flexibility index (Phi) is 10.5. The molecule has 2 saturated heterocycles. The Balaban J connectivity index is 1.47. The van der Waals surface area contributed by atoms with Crippen molar-refractivity contribution in [3.05, 3.63) is 35.5 Å². The second kappa shape index (κ2) is 14.3. The van der Waals surface area contributed by atoms with E-state index < -0.39 is 36.5 Å². The van der Waals surface area contributed by atoms with Gasteiger partial charge in [-0.1, -0.05) is 33.1 Å². The predicted octanol–water partition coefficient (Wildman–Crippen LogP) is 4.28. The number of morpholine rings is 1. The Morgan fingerprint density at radius 1 is 1.17 bits per heavy atom. The fourth-order valence-corrected chi connectivity index (χ4v) is 6.06. The lowest BCUT2D eigenvalue weighted by Gasteiger charge is -2.32. The molecular formula is C31H44F3N9O3. The van der Waals surface area contributed by atoms with Crippen LogP contribution in [0.25, 0.3) is 5.78 Å². The molecule has 2 fully saturated rings. The molecule has 15 heteroatoms. The van der Waals surface area contributed by atoms with Gasteiger partial charge in [-0.2, -0.15) is 28.4 Å². The number of anilines is 1. The van der Waals surface area contributed by atoms with Gasteiger partial charge in [-0.3, -0.25) is 14.3 Å². The minimum Gasteiger partial charge on any atom is -0.378 e. The minimum atomic E-state index is -4.41. The number of carbonyl (C=O) groups is 2. The first-order valence-corrected chi connectivity index (χ1v) is 16.2. The van der Waals surface area contributed by atoms with Gasteiger partial charge in [-0.15, -0.1) is 0 Å². The van der Waals surface area contributed by atoms with Gasteiger partial charge < -0.3 is 20.3 Å². The van der Waals surface area contributed by atoms with Crippen LogP contribution in [-0.4, -0.2) is 80.2 Å². The standard InChI is InChI=1S/C31H44F3N9O3/c1-5-20(4)7-6-8-23(37-29(45)26-9-10-36-43(26)19(2)3)25-18-42-30(38-25)39-27(41-11-13-46-14-12-41)24(40-42)16-21-15-22(31(32,33)34)17-35-28(21)44/h9-10,18-23H,5-8,11-17H2,1-4H3,(H,35,44)(H,37,45). The van der Waals surface area contributed by atoms with Crippen LogP contribution in [0.1, 0.15) is 93.8 Å². The van der Waals surface area contributed by atoms with E-state index in [1.807, 2.05) is 18.7 Å². The van der Waals surface area contributed by atoms with Crippen molar-refractivity contribution in [1.82, 2.24) is 40.0 Å². The van der Waals surface area contributed by atoms with Crippen LogP contribution in [0.4, 0.5) is 19.0 Å². The van der Waals surface area contributed by atoms with Crippen molar-refractivity contribution in [3.63, 3.8) is 0 Å². The molecule has 12 nitrogen and oxygen atoms in total. The average Bonchev–Trinajstić information content (AvgIpc) is 3.69. The number of hydrogen-bond acceptors (Lipinski definition) is 8. The number of alkyl halides is 3. The van der Waals surface area contributed by atoms with Gasteiger partial charge in [0.25, 0.3) is 11.7 Å². The van der Waals surface area contributed by atoms with Crippen LogP contribution >= 0.6 is 0 Å². The molecule has 0 aromatic carbocycles. The van der Waals surface area contributed by atoms with Crippen LogP contribution in [0.15, 0.2) is 18.5 Å². The molecule has 0 saturated carbocycles. The van der Waals surface area contributed by atoms with E-state index in [-0.39, 0.29) is 24.8 Å². The molecule has 2 aliphatic heterocycles. The molecule has 0 aliphatic carbocycles. The van der Waals surface area contributed by atoms with Gasteiger partial charge in [0, 0.05) is 44.2 Å². The van der Waals surface area contributed by atoms with Crippen molar-refractivity contribution in [1.29, 1.82) is 0 Å². The van der Waals surface area contributed by atoms with Gasteiger partial charge in [0.2, 0.25) is 5.91 Å². The summed E-state index contributed by atoms with van der Waals surface area (Å²) in [5, 5.41) is 14.7. The molecule has 252 valence electrons. The van der Waals surface area contributed by atoms with Crippen molar-refractivity contribution in [2.45, 2.75) is 84.5 Å². The van der Waals surface area contributed by atoms with Crippen LogP contribution in [0.3, 0.4) is 0 Å². The number of ether oxygens (including phenoxy) is 1. The SMILES string of the molecule is CCC(C)CCCC(NC(=O)c1ccnn1C(C)C)c1cn2nc(CC3CC(C(F)(F)F)CNC3=O)c(N3CCOCC3)nc2n1. The molecule has 5 heterocycles. The number of carbonyl (C=O) groups excluding carboxylic acids is 2. The number of imidazole rings is 1. The van der Waals surface area contributed by atoms with E-state index in [9.17, 15) is 22.8 Å². The number of nitrogens with one attached hydrogen (secondary N) is 2. The first-order chi connectivity index (χ1) is 21.9. The van der Waals surface area contributed by atoms with E-state index in [4.69, 9.17) is 19.8 Å². The Hall–Kier alpha value is -3.75. The van der Waals surface area contributed by atoms with Crippen LogP contribution in [-0.2, 0) is 16.0 Å². The number of fused-ring (bicyclic) bond motifs is 1. The highest BCUT2D eigenvalue weighted by atomic mass is 19.4. The van der Waals surface area contributed by atoms with Crippen molar-refractivity contribution in [2.75, 3.05) is 37.7 Å². The summed E-state index contributed by atoms with van der Waals surface area (Å²) in [7, 11) is 0. The number of halogens is 3. The van der Waals surface area contributed by atoms with Crippen molar-refractivity contribution < 1.29 is 27.5 Å². The summed E-state index contributed by atoms with van der Waals surface area (Å²) in [5.41, 5.74) is 1.44. The lowest BCUT2D eigenvalue weighted by molar-refractivity contribution is -0.183. The number of piperidine rings is 1. The zero-order chi connectivity index (χ0) is 33.0. The molecule has 3 aromatic rings. The molecule has 2 amide bonds. The molecule has 2 N–H and O–H groups in total. The molecule has 0 radical (unpaired) electrons. The molecule has 3 aromatic heterocycles. The highest BCUT2D eigenvalue weighted by Crippen LogP contribution is 2.35. The van der Waals surface area contributed by atoms with E-state index in [0.29, 0.717) is 67.3 Å². The molecular weight excluding hydrogens is 603 g/mol. The summed E-state index contributed by atoms with van der Waals surface area (Å²) in [4.78, 5) is 37.8. The van der Waals surface area contributed by atoms with E-state index in [0.717, 1.165) is 19.3 Å². The first kappa shape index (κ1) is 33.6. The maximum Gasteiger partial charge on any atom is 0.393 e. The van der Waals surface area contributed by atoms with Crippen molar-refractivity contribution in [3.8, 4) is 0 Å². The molecule has 0 spiro atoms. The third-order valence-corrected chi connectivity index (χ3v) is 9.00. The maximum atomic E-state index is 13.6. The molecule has 0 bridgehead atoms. The lowest BCUT2D eigenvalue weighted by atomic mass is 9.86. The summed E-state index contributed by atoms with van der Waals surface area (Å²) in [6, 6.07) is 1.24. The summed E-state index contributed by atoms with van der Waals surface area (Å²) in [6.07, 6.45) is 2.13. The van der Waals surface area contributed by atoms with E-state index in [1.54, 1.807) is 23.1 Å². The zero-order valence-corrected chi connectivity index (χ0v) is 26.9. The Morgan fingerprint density at radius 2 is 1.93 bits per heavy atom. The van der Waals surface area contributed by atoms with Crippen LogP contribution in [0.2, 0.25) is 0 Å². The largest absolute Gasteiger partial charge is 0.393 e. The first-order valence-electron chi connectivity index (χ1n) is 16.2. The number of rotatable bonds is 12. The zero-order valence-electron chi connectivity index (χ0n) is 26.9. The second-order valence-electron chi connectivity index (χ2n) is 12.7. The smallest absolute Gasteiger partial charge is 0.378 e. The van der Waals surface area contributed by atoms with Crippen LogP contribution in [0.5, 0.6) is 0 Å². The van der Waals surface area contributed by atoms with E-state index in [1.165, 1.54) is 4.52 Å². The Bertz CT molecular complexity index is 1500. The van der Waals surface area contributed by atoms with Crippen molar-refractivity contribution in [2.24, 2.45) is 17.8 Å². The number of hydrogen-bond donors (Lipinski definition) is 2. The molecule has 4 unspecified atom stereocenters. The molecule has 46 heavy (non-hydrogen) atoms. The lowest BCUT2D eigenvalue weighted by Crippen LogP contribution is -2.47. The fourth-order valence-electron chi connectivity index (χ4n) is 6.06. The van der Waals surface area contributed by atoms with Gasteiger partial charge in [0.1, 0.15) is 11.4 Å². The monoisotopic (exact) mass is 647 g/mol. The van der Waals surface area contributed by atoms with Gasteiger partial charge in [0.15, 0.2) is 5.82 Å². The van der Waals surface area contributed by atoms with Crippen LogP contribution < -0.4 is 15.5 Å². The Morgan fingerprint density at radius 3 is 2.63 bits per heavy atom. The highest BCUT2D eigenvalue weighted by molar-refractivity contribution is 5.92. The van der Waals surface area contributed by atoms with Gasteiger partial charge in [0.05, 0.1) is 37.1 Å². The Labute approximate surface area is 266 Å². The van der Waals surface area contributed by atoms with Crippen LogP contribution in [0, 0.1) is 17.8 Å². The number of nitrogens with zero attached hydrogens (tertiary/aromatic N) is 7. The third kappa shape index (κ3) is 7.78. The quantitative estimate of drug-likeness (QED) is 0.298. The topological polar surface area (TPSA) is 132 Å². The molecule has 5 rings (SSSR count). The van der Waals surface area contributed by atoms with Crippen molar-refractivity contribution >= 4 is 23.4 Å². The van der Waals surface area contributed by atoms with Gasteiger partial charge in [-0.05, 0) is 38.7 Å². The molecule has 4 atom stereocenters. The molecule has 2 aliphatic rings. The fraction of sp³-hybridized carbons (Fsp3) is 0.677. The predicted molar refractivity (Wildman–Crippen MR) is 164 cm³/mol. The summed E-state index contributed by atoms with van der Waals surface area (Å²) in [6.45, 7) is 9.80. The van der Waals surface area contributed by atoms with Gasteiger partial charge in [-0.25, -0.2) is 9.50 Å². The number of amides is 2. The third-order valence-electron chi connectivity index (χ3n) is 9.00. The average molecular weight is 648 g/mol. The highest BCUT2D eigenvalue weighted by Gasteiger charge is 2.45. The summed E-state index contributed by atoms with van der Waals surface area (Å²) >= 11 is 0. The van der Waals surface area contributed by atoms with Gasteiger partial charge >= 0.3 is 6.18 Å². The maximum absolute atomic E-state index is 13.6. The normalized spacial score (nSPS) is 20.6. The minimum absolute atomic E-state index is 0.00196. The second-order valence-corrected chi connectivity index (χ2v) is 12.7. The number of aromatic nitrogens is 6. The summed E-state index contributed by atoms with van der Waals surface area (Å²) in [5.74, 6) is -1.90. The van der Waals surface area contributed by atoms with E-state index >= 15 is 0 Å². The summed E-state index contributed by atoms with van der Waals surface area (Å²) < 4.78 is 49.4.